The van der Waals surface area contributed by atoms with Crippen molar-refractivity contribution in [3.8, 4) is 0 Å². The monoisotopic (exact) mass is 335 g/mol. The Morgan fingerprint density at radius 3 is 2.65 bits per heavy atom. The van der Waals surface area contributed by atoms with Crippen LogP contribution in [0.3, 0.4) is 0 Å². The Morgan fingerprint density at radius 1 is 1.22 bits per heavy atom. The van der Waals surface area contributed by atoms with Gasteiger partial charge in [0.25, 0.3) is 5.91 Å². The van der Waals surface area contributed by atoms with E-state index >= 15 is 0 Å². The number of hydrogen-bond acceptors (Lipinski definition) is 3. The van der Waals surface area contributed by atoms with Gasteiger partial charge in [0, 0.05) is 5.02 Å². The van der Waals surface area contributed by atoms with Gasteiger partial charge in [-0.05, 0) is 42.8 Å². The van der Waals surface area contributed by atoms with Crippen LogP contribution >= 0.6 is 11.6 Å². The van der Waals surface area contributed by atoms with Gasteiger partial charge in [0.05, 0.1) is 11.6 Å². The molecule has 4 nitrogen and oxygen atoms in total. The van der Waals surface area contributed by atoms with Gasteiger partial charge in [0.1, 0.15) is 5.82 Å². The van der Waals surface area contributed by atoms with E-state index in [1.54, 1.807) is 25.1 Å². The normalized spacial score (nSPS) is 11.6. The highest BCUT2D eigenvalue weighted by Gasteiger charge is 2.13. The summed E-state index contributed by atoms with van der Waals surface area (Å²) in [5.41, 5.74) is 0.892. The molecule has 0 aliphatic rings. The SMILES string of the molecule is C[C@H](NC(=O)COC(=O)c1cccc(F)c1)c1cccc(Cl)c1. The standard InChI is InChI=1S/C17H15ClFNO3/c1-11(12-4-2-6-14(18)8-12)20-16(21)10-23-17(22)13-5-3-7-15(19)9-13/h2-9,11H,10H2,1H3,(H,20,21)/t11-/m0/s1. The number of esters is 1. The fraction of sp³-hybridized carbons (Fsp3) is 0.176. The third kappa shape index (κ3) is 5.07. The summed E-state index contributed by atoms with van der Waals surface area (Å²) >= 11 is 5.90. The minimum Gasteiger partial charge on any atom is -0.452 e. The number of rotatable bonds is 5. The largest absolute Gasteiger partial charge is 0.452 e. The molecule has 0 saturated heterocycles. The number of halogens is 2. The fourth-order valence-corrected chi connectivity index (χ4v) is 2.17. The van der Waals surface area contributed by atoms with Crippen molar-refractivity contribution in [3.05, 3.63) is 70.5 Å². The summed E-state index contributed by atoms with van der Waals surface area (Å²) in [5.74, 6) is -1.75. The average molecular weight is 336 g/mol. The predicted octanol–water partition coefficient (Wildman–Crippen LogP) is 3.51. The maximum absolute atomic E-state index is 13.0. The first kappa shape index (κ1) is 17.0. The second kappa shape index (κ2) is 7.74. The van der Waals surface area contributed by atoms with Crippen LogP contribution in [0.5, 0.6) is 0 Å². The van der Waals surface area contributed by atoms with Crippen molar-refractivity contribution >= 4 is 23.5 Å². The summed E-state index contributed by atoms with van der Waals surface area (Å²) < 4.78 is 17.9. The van der Waals surface area contributed by atoms with Gasteiger partial charge in [-0.15, -0.1) is 0 Å². The Labute approximate surface area is 138 Å². The van der Waals surface area contributed by atoms with Gasteiger partial charge < -0.3 is 10.1 Å². The fourth-order valence-electron chi connectivity index (χ4n) is 1.97. The van der Waals surface area contributed by atoms with Crippen LogP contribution in [0.1, 0.15) is 28.9 Å². The van der Waals surface area contributed by atoms with E-state index in [1.165, 1.54) is 18.2 Å². The van der Waals surface area contributed by atoms with Crippen LogP contribution in [-0.2, 0) is 9.53 Å². The first-order chi connectivity index (χ1) is 11.0. The highest BCUT2D eigenvalue weighted by atomic mass is 35.5. The van der Waals surface area contributed by atoms with E-state index in [0.29, 0.717) is 5.02 Å². The number of carbonyl (C=O) groups is 2. The molecule has 0 heterocycles. The summed E-state index contributed by atoms with van der Waals surface area (Å²) in [6, 6.07) is 11.9. The van der Waals surface area contributed by atoms with Crippen LogP contribution in [0.4, 0.5) is 4.39 Å². The Bertz CT molecular complexity index is 720. The Hall–Kier alpha value is -2.40. The molecule has 1 N–H and O–H groups in total. The van der Waals surface area contributed by atoms with Gasteiger partial charge in [-0.3, -0.25) is 4.79 Å². The molecule has 2 aromatic rings. The van der Waals surface area contributed by atoms with E-state index < -0.39 is 24.3 Å². The molecule has 2 aromatic carbocycles. The first-order valence-electron chi connectivity index (χ1n) is 6.93. The van der Waals surface area contributed by atoms with Crippen molar-refractivity contribution < 1.29 is 18.7 Å². The minimum atomic E-state index is -0.755. The molecule has 0 aliphatic carbocycles. The molecule has 120 valence electrons. The lowest BCUT2D eigenvalue weighted by atomic mass is 10.1. The Morgan fingerprint density at radius 2 is 1.96 bits per heavy atom. The van der Waals surface area contributed by atoms with Crippen LogP contribution in [0.15, 0.2) is 48.5 Å². The molecule has 0 unspecified atom stereocenters. The number of benzene rings is 2. The van der Waals surface area contributed by atoms with E-state index in [1.807, 2.05) is 6.07 Å². The second-order valence-corrected chi connectivity index (χ2v) is 5.37. The summed E-state index contributed by atoms with van der Waals surface area (Å²) in [4.78, 5) is 23.5. The molecule has 0 spiro atoms. The molecule has 0 radical (unpaired) electrons. The summed E-state index contributed by atoms with van der Waals surface area (Å²) in [6.45, 7) is 1.35. The lowest BCUT2D eigenvalue weighted by Crippen LogP contribution is -2.31. The summed E-state index contributed by atoms with van der Waals surface area (Å²) in [6.07, 6.45) is 0. The predicted molar refractivity (Wildman–Crippen MR) is 84.7 cm³/mol. The lowest BCUT2D eigenvalue weighted by Gasteiger charge is -2.14. The van der Waals surface area contributed by atoms with Crippen LogP contribution in [-0.4, -0.2) is 18.5 Å². The molecule has 0 aromatic heterocycles. The van der Waals surface area contributed by atoms with Gasteiger partial charge in [0.15, 0.2) is 6.61 Å². The zero-order valence-electron chi connectivity index (χ0n) is 12.4. The zero-order valence-corrected chi connectivity index (χ0v) is 13.1. The number of hydrogen-bond donors (Lipinski definition) is 1. The highest BCUT2D eigenvalue weighted by molar-refractivity contribution is 6.30. The van der Waals surface area contributed by atoms with E-state index in [0.717, 1.165) is 11.6 Å². The number of nitrogens with one attached hydrogen (secondary N) is 1. The van der Waals surface area contributed by atoms with Gasteiger partial charge in [-0.1, -0.05) is 29.8 Å². The maximum atomic E-state index is 13.0. The van der Waals surface area contributed by atoms with Gasteiger partial charge in [0.2, 0.25) is 0 Å². The van der Waals surface area contributed by atoms with Crippen molar-refractivity contribution in [3.63, 3.8) is 0 Å². The molecule has 23 heavy (non-hydrogen) atoms. The van der Waals surface area contributed by atoms with Crippen molar-refractivity contribution in [1.29, 1.82) is 0 Å². The summed E-state index contributed by atoms with van der Waals surface area (Å²) in [5, 5.41) is 3.26. The van der Waals surface area contributed by atoms with Crippen molar-refractivity contribution in [1.82, 2.24) is 5.32 Å². The molecule has 2 rings (SSSR count). The molecule has 0 bridgehead atoms. The second-order valence-electron chi connectivity index (χ2n) is 4.93. The van der Waals surface area contributed by atoms with Crippen molar-refractivity contribution in [2.24, 2.45) is 0 Å². The number of carbonyl (C=O) groups excluding carboxylic acids is 2. The number of ether oxygens (including phenoxy) is 1. The summed E-state index contributed by atoms with van der Waals surface area (Å²) in [7, 11) is 0. The molecular formula is C17H15ClFNO3. The van der Waals surface area contributed by atoms with Crippen LogP contribution in [0, 0.1) is 5.82 Å². The molecule has 0 aliphatic heterocycles. The van der Waals surface area contributed by atoms with E-state index in [-0.39, 0.29) is 11.6 Å². The topological polar surface area (TPSA) is 55.4 Å². The van der Waals surface area contributed by atoms with Crippen LogP contribution in [0.25, 0.3) is 0 Å². The third-order valence-corrected chi connectivity index (χ3v) is 3.36. The van der Waals surface area contributed by atoms with E-state index in [2.05, 4.69) is 5.32 Å². The van der Waals surface area contributed by atoms with Crippen molar-refractivity contribution in [2.75, 3.05) is 6.61 Å². The van der Waals surface area contributed by atoms with Crippen LogP contribution in [0.2, 0.25) is 5.02 Å². The highest BCUT2D eigenvalue weighted by Crippen LogP contribution is 2.17. The molecule has 0 saturated carbocycles. The quantitative estimate of drug-likeness (QED) is 0.851. The Balaban J connectivity index is 1.86. The van der Waals surface area contributed by atoms with Crippen LogP contribution < -0.4 is 5.32 Å². The number of amides is 1. The van der Waals surface area contributed by atoms with E-state index in [4.69, 9.17) is 16.3 Å². The van der Waals surface area contributed by atoms with Gasteiger partial charge in [-0.2, -0.15) is 0 Å². The lowest BCUT2D eigenvalue weighted by molar-refractivity contribution is -0.124. The average Bonchev–Trinajstić information content (AvgIpc) is 2.52. The molecular weight excluding hydrogens is 321 g/mol. The molecule has 1 atom stereocenters. The first-order valence-corrected chi connectivity index (χ1v) is 7.31. The smallest absolute Gasteiger partial charge is 0.338 e. The van der Waals surface area contributed by atoms with Crippen molar-refractivity contribution in [2.45, 2.75) is 13.0 Å². The molecule has 6 heteroatoms. The Kier molecular flexibility index (Phi) is 5.71. The molecule has 0 fully saturated rings. The third-order valence-electron chi connectivity index (χ3n) is 3.12. The van der Waals surface area contributed by atoms with Gasteiger partial charge >= 0.3 is 5.97 Å². The molecule has 1 amide bonds. The van der Waals surface area contributed by atoms with Gasteiger partial charge in [-0.25, -0.2) is 9.18 Å². The van der Waals surface area contributed by atoms with E-state index in [9.17, 15) is 14.0 Å². The minimum absolute atomic E-state index is 0.0562. The zero-order chi connectivity index (χ0) is 16.8. The maximum Gasteiger partial charge on any atom is 0.338 e.